The van der Waals surface area contributed by atoms with Gasteiger partial charge in [0.2, 0.25) is 11.8 Å². The summed E-state index contributed by atoms with van der Waals surface area (Å²) in [6.45, 7) is 10.3. The van der Waals surface area contributed by atoms with Crippen LogP contribution in [-0.4, -0.2) is 134 Å². The van der Waals surface area contributed by atoms with Gasteiger partial charge in [0.25, 0.3) is 17.7 Å². The van der Waals surface area contributed by atoms with Gasteiger partial charge in [0.1, 0.15) is 36.3 Å². The summed E-state index contributed by atoms with van der Waals surface area (Å²) < 4.78 is 5.67. The summed E-state index contributed by atoms with van der Waals surface area (Å²) in [5, 5.41) is 26.5. The lowest BCUT2D eigenvalue weighted by molar-refractivity contribution is -0.191. The highest BCUT2D eigenvalue weighted by atomic mass is 16.5. The van der Waals surface area contributed by atoms with E-state index in [2.05, 4.69) is 16.2 Å². The van der Waals surface area contributed by atoms with Gasteiger partial charge in [-0.1, -0.05) is 27.7 Å². The van der Waals surface area contributed by atoms with Crippen LogP contribution < -0.4 is 21.9 Å². The van der Waals surface area contributed by atoms with Crippen LogP contribution in [0.1, 0.15) is 73.6 Å². The Kier molecular flexibility index (Phi) is 13.1. The fraction of sp³-hybridized carbons (Fsp3) is 0.800. The van der Waals surface area contributed by atoms with Gasteiger partial charge in [-0.2, -0.15) is 0 Å². The molecule has 8 atom stereocenters. The van der Waals surface area contributed by atoms with Crippen LogP contribution in [0.25, 0.3) is 0 Å². The first-order valence-corrected chi connectivity index (χ1v) is 16.4. The predicted octanol–water partition coefficient (Wildman–Crippen LogP) is -1.77. The molecule has 47 heavy (non-hydrogen) atoms. The van der Waals surface area contributed by atoms with E-state index in [1.807, 2.05) is 13.8 Å². The maximum atomic E-state index is 14.1. The van der Waals surface area contributed by atoms with Crippen LogP contribution in [0.15, 0.2) is 0 Å². The largest absolute Gasteiger partial charge is 0.458 e. The van der Waals surface area contributed by atoms with Crippen molar-refractivity contribution in [1.29, 1.82) is 0 Å². The maximum absolute atomic E-state index is 14.1. The number of hydrogen-bond donors (Lipinski definition) is 6. The first kappa shape index (κ1) is 38.1. The number of cyclic esters (lactones) is 1. The Bertz CT molecular complexity index is 1180. The molecule has 17 heteroatoms. The smallest absolute Gasteiger partial charge is 0.331 e. The van der Waals surface area contributed by atoms with Crippen molar-refractivity contribution in [3.8, 4) is 0 Å². The fourth-order valence-electron chi connectivity index (χ4n) is 6.10. The number of hydroxylamine groups is 2. The molecule has 0 aromatic heterocycles. The molecule has 266 valence electrons. The molecule has 0 aliphatic carbocycles. The Balaban J connectivity index is 2.13. The van der Waals surface area contributed by atoms with Crippen molar-refractivity contribution in [2.45, 2.75) is 122 Å². The van der Waals surface area contributed by atoms with Crippen molar-refractivity contribution in [2.24, 2.45) is 17.6 Å². The number of hydrazine groups is 2. The summed E-state index contributed by atoms with van der Waals surface area (Å²) >= 11 is 0. The van der Waals surface area contributed by atoms with E-state index >= 15 is 0 Å². The molecular formula is C30H52N8O9. The summed E-state index contributed by atoms with van der Waals surface area (Å²) in [5.41, 5.74) is 12.1. The third-order valence-electron chi connectivity index (χ3n) is 8.89. The zero-order chi connectivity index (χ0) is 35.3. The average molecular weight is 669 g/mol. The zero-order valence-corrected chi connectivity index (χ0v) is 28.3. The van der Waals surface area contributed by atoms with E-state index in [0.29, 0.717) is 25.9 Å². The summed E-state index contributed by atoms with van der Waals surface area (Å²) in [6.07, 6.45) is -1.18. The number of carbonyl (C=O) groups is 6. The number of nitrogens with one attached hydrogen (secondary N) is 3. The Labute approximate surface area is 275 Å². The highest BCUT2D eigenvalue weighted by molar-refractivity contribution is 5.96. The lowest BCUT2D eigenvalue weighted by Crippen LogP contribution is -2.65. The number of nitrogens with two attached hydrogens (primary N) is 1. The molecule has 0 aromatic carbocycles. The van der Waals surface area contributed by atoms with Gasteiger partial charge in [0.15, 0.2) is 6.04 Å². The number of carbonyl (C=O) groups excluding carboxylic acids is 6. The monoisotopic (exact) mass is 668 g/mol. The molecule has 5 amide bonds. The lowest BCUT2D eigenvalue weighted by Gasteiger charge is -2.41. The SMILES string of the molecule is CC(C)C[C@@H]1C(=O)N2NCCC[C@H]2C(=O)N[C@H]([C@H](C)O)C(=O)O[C@@H](C(C)C)[C@H](N)C(=O)N2NCCC[C@@H]2C(=O)N(O)[C@@H](C)C(=O)N1C. The second-order valence-electron chi connectivity index (χ2n) is 13.4. The van der Waals surface area contributed by atoms with Gasteiger partial charge in [-0.3, -0.25) is 39.2 Å². The number of esters is 1. The van der Waals surface area contributed by atoms with Gasteiger partial charge < -0.3 is 25.8 Å². The first-order chi connectivity index (χ1) is 22.0. The summed E-state index contributed by atoms with van der Waals surface area (Å²) in [5.74, 6) is -5.50. The van der Waals surface area contributed by atoms with E-state index < -0.39 is 89.9 Å². The Morgan fingerprint density at radius 2 is 1.43 bits per heavy atom. The second-order valence-corrected chi connectivity index (χ2v) is 13.4. The van der Waals surface area contributed by atoms with Crippen LogP contribution in [-0.2, 0) is 33.5 Å². The van der Waals surface area contributed by atoms with Gasteiger partial charge in [-0.25, -0.2) is 20.7 Å². The number of likely N-dealkylation sites (N-methyl/N-ethyl adjacent to an activating group) is 1. The number of nitrogens with zero attached hydrogens (tertiary/aromatic N) is 4. The van der Waals surface area contributed by atoms with E-state index in [1.54, 1.807) is 13.8 Å². The molecule has 0 radical (unpaired) electrons. The summed E-state index contributed by atoms with van der Waals surface area (Å²) in [4.78, 5) is 83.5. The first-order valence-electron chi connectivity index (χ1n) is 16.4. The van der Waals surface area contributed by atoms with Gasteiger partial charge in [0.05, 0.1) is 6.10 Å². The standard InChI is InChI=1S/C30H52N8O9/c1-15(2)14-21-27(42)36-19(10-8-12-32-36)25(40)34-23(18(6)39)30(45)47-24(16(3)4)22(31)29(44)37-20(11-9-13-33-37)28(43)38(46)17(5)26(41)35(21)7/h15-24,32-33,39,46H,8-14,31H2,1-7H3,(H,34,40)/t17-,18-,19-,20+,21+,22-,23+,24-/m0/s1. The molecule has 7 N–H and O–H groups in total. The molecule has 0 unspecified atom stereocenters. The Morgan fingerprint density at radius 3 is 1.96 bits per heavy atom. The van der Waals surface area contributed by atoms with Crippen molar-refractivity contribution >= 4 is 35.5 Å². The predicted molar refractivity (Wildman–Crippen MR) is 166 cm³/mol. The number of amides is 5. The lowest BCUT2D eigenvalue weighted by atomic mass is 9.97. The number of aliphatic hydroxyl groups is 1. The maximum Gasteiger partial charge on any atom is 0.331 e. The molecule has 3 aliphatic rings. The van der Waals surface area contributed by atoms with E-state index in [4.69, 9.17) is 10.5 Å². The van der Waals surface area contributed by atoms with Crippen molar-refractivity contribution in [1.82, 2.24) is 36.1 Å². The van der Waals surface area contributed by atoms with Crippen LogP contribution in [0, 0.1) is 11.8 Å². The van der Waals surface area contributed by atoms with Gasteiger partial charge in [-0.05, 0) is 57.8 Å². The number of rotatable bonds is 4. The van der Waals surface area contributed by atoms with Gasteiger partial charge in [-0.15, -0.1) is 0 Å². The average Bonchev–Trinajstić information content (AvgIpc) is 3.04. The molecule has 3 heterocycles. The normalized spacial score (nSPS) is 32.0. The highest BCUT2D eigenvalue weighted by Crippen LogP contribution is 2.23. The van der Waals surface area contributed by atoms with E-state index in [-0.39, 0.29) is 30.2 Å². The Morgan fingerprint density at radius 1 is 0.872 bits per heavy atom. The van der Waals surface area contributed by atoms with E-state index in [9.17, 15) is 39.1 Å². The van der Waals surface area contributed by atoms with Gasteiger partial charge >= 0.3 is 5.97 Å². The van der Waals surface area contributed by atoms with E-state index in [1.165, 1.54) is 20.9 Å². The minimum Gasteiger partial charge on any atom is -0.458 e. The molecule has 3 saturated heterocycles. The molecule has 0 bridgehead atoms. The van der Waals surface area contributed by atoms with Crippen LogP contribution in [0.2, 0.25) is 0 Å². The van der Waals surface area contributed by atoms with Gasteiger partial charge in [0, 0.05) is 20.1 Å². The van der Waals surface area contributed by atoms with Crippen LogP contribution >= 0.6 is 0 Å². The van der Waals surface area contributed by atoms with Crippen molar-refractivity contribution in [3.05, 3.63) is 0 Å². The topological polar surface area (TPSA) is 227 Å². The van der Waals surface area contributed by atoms with Crippen molar-refractivity contribution in [2.75, 3.05) is 20.1 Å². The number of ether oxygens (including phenoxy) is 1. The Hall–Kier alpha value is -3.38. The minimum absolute atomic E-state index is 0.0829. The molecule has 3 fully saturated rings. The van der Waals surface area contributed by atoms with E-state index in [0.717, 1.165) is 14.9 Å². The summed E-state index contributed by atoms with van der Waals surface area (Å²) in [7, 11) is 1.38. The molecular weight excluding hydrogens is 616 g/mol. The van der Waals surface area contributed by atoms with Crippen LogP contribution in [0.3, 0.4) is 0 Å². The molecule has 3 aliphatic heterocycles. The van der Waals surface area contributed by atoms with Crippen LogP contribution in [0.5, 0.6) is 0 Å². The quantitative estimate of drug-likeness (QED) is 0.145. The minimum atomic E-state index is -1.58. The number of aliphatic hydroxyl groups excluding tert-OH is 1. The fourth-order valence-corrected chi connectivity index (χ4v) is 6.10. The summed E-state index contributed by atoms with van der Waals surface area (Å²) in [6, 6.07) is -7.99. The van der Waals surface area contributed by atoms with Crippen LogP contribution in [0.4, 0.5) is 0 Å². The third-order valence-corrected chi connectivity index (χ3v) is 8.89. The highest BCUT2D eigenvalue weighted by Gasteiger charge is 2.46. The molecule has 0 saturated carbocycles. The van der Waals surface area contributed by atoms with Crippen molar-refractivity contribution in [3.63, 3.8) is 0 Å². The second kappa shape index (κ2) is 16.1. The number of hydrogen-bond acceptors (Lipinski definition) is 12. The molecule has 17 nitrogen and oxygen atoms in total. The zero-order valence-electron chi connectivity index (χ0n) is 28.3. The molecule has 0 aromatic rings. The third kappa shape index (κ3) is 8.56. The van der Waals surface area contributed by atoms with Crippen molar-refractivity contribution < 1.29 is 43.8 Å². The molecule has 0 spiro atoms. The number of fused-ring (bicyclic) bond motifs is 2. The molecule has 3 rings (SSSR count).